The molecule has 6 nitrogen and oxygen atoms in total. The predicted molar refractivity (Wildman–Crippen MR) is 136 cm³/mol. The molecule has 1 aliphatic rings. The Morgan fingerprint density at radius 3 is 1.39 bits per heavy atom. The van der Waals surface area contributed by atoms with Crippen LogP contribution >= 0.6 is 0 Å². The van der Waals surface area contributed by atoms with Crippen LogP contribution in [0.1, 0.15) is 11.1 Å². The van der Waals surface area contributed by atoms with Gasteiger partial charge < -0.3 is 9.47 Å². The number of fused-ring (bicyclic) bond motifs is 7. The molecule has 0 bridgehead atoms. The molecule has 0 amide bonds. The quantitative estimate of drug-likeness (QED) is 0.322. The Kier molecular flexibility index (Phi) is 5.78. The maximum Gasteiger partial charge on any atom is 0.135 e. The van der Waals surface area contributed by atoms with Crippen molar-refractivity contribution in [2.75, 3.05) is 13.2 Å². The van der Waals surface area contributed by atoms with E-state index in [1.807, 2.05) is 84.9 Å². The predicted octanol–water partition coefficient (Wildman–Crippen LogP) is 6.29. The van der Waals surface area contributed by atoms with Crippen LogP contribution in [0.2, 0.25) is 0 Å². The van der Waals surface area contributed by atoms with Crippen molar-refractivity contribution < 1.29 is 9.47 Å². The molecule has 6 heteroatoms. The lowest BCUT2D eigenvalue weighted by molar-refractivity contribution is 0.214. The minimum Gasteiger partial charge on any atom is -0.489 e. The van der Waals surface area contributed by atoms with E-state index in [0.717, 1.165) is 32.7 Å². The SMILES string of the molecule is N#CC(C#N)=Cc1cc2ccccc2c2c1OCCOc1c(C=C(C#N)C#N)cc3ccccc3c1-2. The summed E-state index contributed by atoms with van der Waals surface area (Å²) >= 11 is 0. The van der Waals surface area contributed by atoms with Crippen LogP contribution in [0, 0.1) is 45.3 Å². The summed E-state index contributed by atoms with van der Waals surface area (Å²) in [6.07, 6.45) is 3.06. The van der Waals surface area contributed by atoms with Gasteiger partial charge >= 0.3 is 0 Å². The number of nitriles is 4. The minimum absolute atomic E-state index is 0.0381. The molecule has 0 unspecified atom stereocenters. The molecule has 1 heterocycles. The molecule has 0 atom stereocenters. The second-order valence-electron chi connectivity index (χ2n) is 8.04. The summed E-state index contributed by atoms with van der Waals surface area (Å²) in [4.78, 5) is 0. The molecule has 168 valence electrons. The van der Waals surface area contributed by atoms with E-state index in [-0.39, 0.29) is 24.4 Å². The molecular formula is C30H16N4O2. The summed E-state index contributed by atoms with van der Waals surface area (Å²) in [5, 5.41) is 41.2. The average molecular weight is 464 g/mol. The highest BCUT2D eigenvalue weighted by molar-refractivity contribution is 6.12. The third-order valence-corrected chi connectivity index (χ3v) is 5.97. The van der Waals surface area contributed by atoms with E-state index in [0.29, 0.717) is 22.6 Å². The third kappa shape index (κ3) is 3.76. The van der Waals surface area contributed by atoms with Gasteiger partial charge in [0.05, 0.1) is 0 Å². The van der Waals surface area contributed by atoms with E-state index in [2.05, 4.69) is 0 Å². The Bertz CT molecular complexity index is 1620. The highest BCUT2D eigenvalue weighted by Gasteiger charge is 2.25. The first-order valence-corrected chi connectivity index (χ1v) is 11.1. The number of ether oxygens (including phenoxy) is 2. The Morgan fingerprint density at radius 2 is 1.00 bits per heavy atom. The van der Waals surface area contributed by atoms with Gasteiger partial charge in [-0.15, -0.1) is 0 Å². The molecule has 0 spiro atoms. The standard InChI is InChI=1S/C30H16N4O2/c31-15-19(16-32)11-23-13-21-5-1-3-7-25(21)27-28-26-8-4-2-6-22(26)14-24(12-20(17-33)18-34)30(28)36-10-9-35-29(23)27/h1-8,11-14H,9-10H2. The van der Waals surface area contributed by atoms with Crippen LogP contribution in [0.3, 0.4) is 0 Å². The van der Waals surface area contributed by atoms with E-state index in [1.54, 1.807) is 0 Å². The summed E-state index contributed by atoms with van der Waals surface area (Å²) in [5.41, 5.74) is 2.65. The van der Waals surface area contributed by atoms with E-state index < -0.39 is 0 Å². The lowest BCUT2D eigenvalue weighted by Crippen LogP contribution is -2.14. The number of nitrogens with zero attached hydrogens (tertiary/aromatic N) is 4. The van der Waals surface area contributed by atoms with Crippen LogP contribution in [-0.4, -0.2) is 13.2 Å². The lowest BCUT2D eigenvalue weighted by atomic mass is 9.88. The Labute approximate surface area is 207 Å². The molecule has 0 saturated heterocycles. The monoisotopic (exact) mass is 464 g/mol. The number of hydrogen-bond donors (Lipinski definition) is 0. The zero-order valence-electron chi connectivity index (χ0n) is 18.9. The fourth-order valence-electron chi connectivity index (χ4n) is 4.50. The molecule has 36 heavy (non-hydrogen) atoms. The first-order chi connectivity index (χ1) is 17.7. The average Bonchev–Trinajstić information content (AvgIpc) is 2.90. The van der Waals surface area contributed by atoms with Gasteiger partial charge in [-0.05, 0) is 45.8 Å². The topological polar surface area (TPSA) is 114 Å². The van der Waals surface area contributed by atoms with E-state index in [4.69, 9.17) is 9.47 Å². The molecule has 0 aliphatic carbocycles. The molecule has 5 rings (SSSR count). The normalized spacial score (nSPS) is 11.4. The Balaban J connectivity index is 2.01. The molecule has 0 fully saturated rings. The van der Waals surface area contributed by atoms with Gasteiger partial charge in [-0.1, -0.05) is 48.5 Å². The van der Waals surface area contributed by atoms with Crippen molar-refractivity contribution in [1.82, 2.24) is 0 Å². The molecule has 0 N–H and O–H groups in total. The zero-order chi connectivity index (χ0) is 25.1. The summed E-state index contributed by atoms with van der Waals surface area (Å²) in [6.45, 7) is 0.443. The van der Waals surface area contributed by atoms with Crippen LogP contribution in [0.25, 0.3) is 44.8 Å². The lowest BCUT2D eigenvalue weighted by Gasteiger charge is -2.25. The second-order valence-corrected chi connectivity index (χ2v) is 8.04. The number of allylic oxidation sites excluding steroid dienone is 2. The van der Waals surface area contributed by atoms with Gasteiger partial charge in [0.1, 0.15) is 60.1 Å². The van der Waals surface area contributed by atoms with E-state index in [9.17, 15) is 21.0 Å². The van der Waals surface area contributed by atoms with Crippen LogP contribution < -0.4 is 9.47 Å². The summed E-state index contributed by atoms with van der Waals surface area (Å²) in [6, 6.07) is 27.1. The van der Waals surface area contributed by atoms with Gasteiger partial charge in [0.2, 0.25) is 0 Å². The van der Waals surface area contributed by atoms with Crippen LogP contribution in [0.5, 0.6) is 11.5 Å². The molecule has 4 aromatic rings. The Hall–Kier alpha value is -5.56. The highest BCUT2D eigenvalue weighted by Crippen LogP contribution is 2.49. The van der Waals surface area contributed by atoms with Crippen molar-refractivity contribution in [2.45, 2.75) is 0 Å². The van der Waals surface area contributed by atoms with Gasteiger partial charge in [0, 0.05) is 22.3 Å². The summed E-state index contributed by atoms with van der Waals surface area (Å²) < 4.78 is 12.4. The van der Waals surface area contributed by atoms with E-state index >= 15 is 0 Å². The second kappa shape index (κ2) is 9.36. The van der Waals surface area contributed by atoms with Gasteiger partial charge in [0.25, 0.3) is 0 Å². The van der Waals surface area contributed by atoms with E-state index in [1.165, 1.54) is 12.2 Å². The Morgan fingerprint density at radius 1 is 0.611 bits per heavy atom. The van der Waals surface area contributed by atoms with Crippen molar-refractivity contribution >= 4 is 33.7 Å². The first-order valence-electron chi connectivity index (χ1n) is 11.1. The fourth-order valence-corrected chi connectivity index (χ4v) is 4.50. The molecule has 1 aliphatic heterocycles. The summed E-state index contributed by atoms with van der Waals surface area (Å²) in [5.74, 6) is 1.07. The number of benzene rings is 4. The maximum atomic E-state index is 9.41. The van der Waals surface area contributed by atoms with Gasteiger partial charge in [-0.25, -0.2) is 0 Å². The molecule has 4 aromatic carbocycles. The molecule has 0 radical (unpaired) electrons. The summed E-state index contributed by atoms with van der Waals surface area (Å²) in [7, 11) is 0. The first kappa shape index (κ1) is 22.2. The van der Waals surface area contributed by atoms with Crippen molar-refractivity contribution in [1.29, 1.82) is 21.0 Å². The van der Waals surface area contributed by atoms with Crippen molar-refractivity contribution in [3.8, 4) is 46.9 Å². The van der Waals surface area contributed by atoms with Crippen molar-refractivity contribution in [3.63, 3.8) is 0 Å². The molecule has 0 saturated carbocycles. The third-order valence-electron chi connectivity index (χ3n) is 5.97. The zero-order valence-corrected chi connectivity index (χ0v) is 18.9. The van der Waals surface area contributed by atoms with Crippen LogP contribution in [0.4, 0.5) is 0 Å². The maximum absolute atomic E-state index is 9.41. The van der Waals surface area contributed by atoms with Crippen molar-refractivity contribution in [2.24, 2.45) is 0 Å². The minimum atomic E-state index is -0.0381. The van der Waals surface area contributed by atoms with Crippen LogP contribution in [-0.2, 0) is 0 Å². The van der Waals surface area contributed by atoms with Gasteiger partial charge in [0.15, 0.2) is 0 Å². The van der Waals surface area contributed by atoms with Gasteiger partial charge in [-0.3, -0.25) is 0 Å². The largest absolute Gasteiger partial charge is 0.489 e. The number of rotatable bonds is 2. The highest BCUT2D eigenvalue weighted by atomic mass is 16.5. The van der Waals surface area contributed by atoms with Crippen LogP contribution in [0.15, 0.2) is 71.8 Å². The smallest absolute Gasteiger partial charge is 0.135 e. The number of hydrogen-bond acceptors (Lipinski definition) is 6. The molecular weight excluding hydrogens is 448 g/mol. The van der Waals surface area contributed by atoms with Crippen molar-refractivity contribution in [3.05, 3.63) is 82.9 Å². The molecule has 0 aromatic heterocycles. The fraction of sp³-hybridized carbons (Fsp3) is 0.0667. The van der Waals surface area contributed by atoms with Gasteiger partial charge in [-0.2, -0.15) is 21.0 Å².